The molecule has 1 aromatic rings. The largest absolute Gasteiger partial charge is 0.311 e. The summed E-state index contributed by atoms with van der Waals surface area (Å²) < 4.78 is 1.86. The molecule has 0 aromatic carbocycles. The smallest absolute Gasteiger partial charge is 0.0762 e. The average molecular weight is 225 g/mol. The molecule has 2 heterocycles. The summed E-state index contributed by atoms with van der Waals surface area (Å²) in [7, 11) is 1.96. The lowest BCUT2D eigenvalue weighted by atomic mass is 10.0. The molecule has 1 aliphatic rings. The molecule has 3 nitrogen and oxygen atoms in total. The van der Waals surface area contributed by atoms with Crippen LogP contribution in [-0.4, -0.2) is 27.8 Å². The van der Waals surface area contributed by atoms with Crippen molar-refractivity contribution in [2.24, 2.45) is 13.0 Å². The molecule has 0 unspecified atom stereocenters. The number of hydrogen-bond donors (Lipinski definition) is 1. The number of nitrogens with zero attached hydrogens (tertiary/aromatic N) is 2. The minimum Gasteiger partial charge on any atom is -0.311 e. The Morgan fingerprint density at radius 2 is 2.33 bits per heavy atom. The summed E-state index contributed by atoms with van der Waals surface area (Å²) in [5.41, 5.74) is 1.14. The van der Waals surface area contributed by atoms with E-state index in [9.17, 15) is 0 Å². The first-order valence-corrected chi connectivity index (χ1v) is 6.77. The van der Waals surface area contributed by atoms with Gasteiger partial charge in [-0.1, -0.05) is 0 Å². The third-order valence-corrected chi connectivity index (χ3v) is 3.90. The van der Waals surface area contributed by atoms with Crippen molar-refractivity contribution in [1.29, 1.82) is 0 Å². The van der Waals surface area contributed by atoms with E-state index in [-0.39, 0.29) is 0 Å². The van der Waals surface area contributed by atoms with Crippen LogP contribution in [0.4, 0.5) is 0 Å². The van der Waals surface area contributed by atoms with E-state index in [1.165, 1.54) is 24.3 Å². The number of hydrogen-bond acceptors (Lipinski definition) is 3. The molecule has 0 radical (unpaired) electrons. The Morgan fingerprint density at radius 1 is 1.53 bits per heavy atom. The van der Waals surface area contributed by atoms with Gasteiger partial charge < -0.3 is 5.32 Å². The highest BCUT2D eigenvalue weighted by Crippen LogP contribution is 2.21. The summed E-state index contributed by atoms with van der Waals surface area (Å²) in [6, 6.07) is 2.07. The van der Waals surface area contributed by atoms with Crippen LogP contribution in [0.5, 0.6) is 0 Å². The van der Waals surface area contributed by atoms with Crippen molar-refractivity contribution in [2.45, 2.75) is 19.4 Å². The van der Waals surface area contributed by atoms with Gasteiger partial charge in [-0.25, -0.2) is 0 Å². The summed E-state index contributed by atoms with van der Waals surface area (Å²) in [5, 5.41) is 7.84. The summed E-state index contributed by atoms with van der Waals surface area (Å²) in [5.74, 6) is 3.57. The highest BCUT2D eigenvalue weighted by Gasteiger charge is 2.12. The predicted octanol–water partition coefficient (Wildman–Crippen LogP) is 1.65. The van der Waals surface area contributed by atoms with Gasteiger partial charge in [-0.3, -0.25) is 4.68 Å². The molecule has 1 saturated heterocycles. The van der Waals surface area contributed by atoms with Crippen LogP contribution in [0.1, 0.15) is 18.5 Å². The molecule has 4 heteroatoms. The van der Waals surface area contributed by atoms with E-state index < -0.39 is 0 Å². The molecule has 0 saturated carbocycles. The molecule has 0 spiro atoms. The molecule has 1 fully saturated rings. The first kappa shape index (κ1) is 11.0. The second-order valence-corrected chi connectivity index (χ2v) is 5.39. The van der Waals surface area contributed by atoms with Crippen molar-refractivity contribution < 1.29 is 0 Å². The van der Waals surface area contributed by atoms with E-state index in [1.54, 1.807) is 0 Å². The van der Waals surface area contributed by atoms with E-state index in [0.717, 1.165) is 24.7 Å². The van der Waals surface area contributed by atoms with Gasteiger partial charge in [0.2, 0.25) is 0 Å². The van der Waals surface area contributed by atoms with Crippen LogP contribution in [0.3, 0.4) is 0 Å². The molecule has 1 N–H and O–H groups in total. The van der Waals surface area contributed by atoms with Gasteiger partial charge in [0, 0.05) is 19.8 Å². The van der Waals surface area contributed by atoms with Gasteiger partial charge in [0.1, 0.15) is 0 Å². The fourth-order valence-electron chi connectivity index (χ4n) is 1.91. The minimum atomic E-state index is 0.884. The molecule has 2 rings (SSSR count). The van der Waals surface area contributed by atoms with Crippen molar-refractivity contribution >= 4 is 11.8 Å². The average Bonchev–Trinajstić information content (AvgIpc) is 2.66. The van der Waals surface area contributed by atoms with Crippen LogP contribution in [-0.2, 0) is 13.6 Å². The van der Waals surface area contributed by atoms with Crippen LogP contribution < -0.4 is 5.32 Å². The second-order valence-electron chi connectivity index (χ2n) is 4.17. The summed E-state index contributed by atoms with van der Waals surface area (Å²) in [6.45, 7) is 2.06. The van der Waals surface area contributed by atoms with Crippen LogP contribution >= 0.6 is 11.8 Å². The summed E-state index contributed by atoms with van der Waals surface area (Å²) in [4.78, 5) is 0. The monoisotopic (exact) mass is 225 g/mol. The highest BCUT2D eigenvalue weighted by molar-refractivity contribution is 7.99. The van der Waals surface area contributed by atoms with Gasteiger partial charge in [0.15, 0.2) is 0 Å². The third kappa shape index (κ3) is 3.54. The van der Waals surface area contributed by atoms with Crippen molar-refractivity contribution in [2.75, 3.05) is 18.1 Å². The van der Waals surface area contributed by atoms with Gasteiger partial charge in [0.05, 0.1) is 5.69 Å². The lowest BCUT2D eigenvalue weighted by Crippen LogP contribution is -2.25. The van der Waals surface area contributed by atoms with Gasteiger partial charge in [0.25, 0.3) is 0 Å². The SMILES string of the molecule is Cn1ccc(CNCC2CCSCC2)n1. The van der Waals surface area contributed by atoms with E-state index in [2.05, 4.69) is 28.2 Å². The van der Waals surface area contributed by atoms with Crippen LogP contribution in [0.25, 0.3) is 0 Å². The Kier molecular flexibility index (Phi) is 4.09. The van der Waals surface area contributed by atoms with Gasteiger partial charge in [-0.05, 0) is 42.9 Å². The number of aromatic nitrogens is 2. The minimum absolute atomic E-state index is 0.884. The standard InChI is InChI=1S/C11H19N3S/c1-14-5-2-11(13-14)9-12-8-10-3-6-15-7-4-10/h2,5,10,12H,3-4,6-9H2,1H3. The lowest BCUT2D eigenvalue weighted by molar-refractivity contribution is 0.445. The van der Waals surface area contributed by atoms with Crippen molar-refractivity contribution in [1.82, 2.24) is 15.1 Å². The molecular weight excluding hydrogens is 206 g/mol. The van der Waals surface area contributed by atoms with Crippen molar-refractivity contribution in [3.8, 4) is 0 Å². The molecule has 0 aliphatic carbocycles. The lowest BCUT2D eigenvalue weighted by Gasteiger charge is -2.21. The zero-order valence-corrected chi connectivity index (χ0v) is 10.1. The first-order valence-electron chi connectivity index (χ1n) is 5.61. The predicted molar refractivity (Wildman–Crippen MR) is 65.0 cm³/mol. The van der Waals surface area contributed by atoms with Crippen LogP contribution in [0.2, 0.25) is 0 Å². The maximum Gasteiger partial charge on any atom is 0.0762 e. The van der Waals surface area contributed by atoms with E-state index in [4.69, 9.17) is 0 Å². The van der Waals surface area contributed by atoms with Gasteiger partial charge >= 0.3 is 0 Å². The molecule has 84 valence electrons. The highest BCUT2D eigenvalue weighted by atomic mass is 32.2. The molecule has 0 amide bonds. The Morgan fingerprint density at radius 3 is 3.00 bits per heavy atom. The maximum atomic E-state index is 4.34. The Balaban J connectivity index is 1.65. The zero-order chi connectivity index (χ0) is 10.5. The van der Waals surface area contributed by atoms with E-state index >= 15 is 0 Å². The number of nitrogens with one attached hydrogen (secondary N) is 1. The number of aryl methyl sites for hydroxylation is 1. The van der Waals surface area contributed by atoms with E-state index in [1.807, 2.05) is 17.9 Å². The van der Waals surface area contributed by atoms with Gasteiger partial charge in [-0.15, -0.1) is 0 Å². The quantitative estimate of drug-likeness (QED) is 0.845. The van der Waals surface area contributed by atoms with Gasteiger partial charge in [-0.2, -0.15) is 16.9 Å². The summed E-state index contributed by atoms with van der Waals surface area (Å²) in [6.07, 6.45) is 4.74. The molecule has 1 aromatic heterocycles. The Hall–Kier alpha value is -0.480. The first-order chi connectivity index (χ1) is 7.34. The van der Waals surface area contributed by atoms with Crippen molar-refractivity contribution in [3.63, 3.8) is 0 Å². The Labute approximate surface area is 95.6 Å². The fourth-order valence-corrected chi connectivity index (χ4v) is 3.12. The molecule has 1 aliphatic heterocycles. The second kappa shape index (κ2) is 5.56. The topological polar surface area (TPSA) is 29.9 Å². The third-order valence-electron chi connectivity index (χ3n) is 2.85. The van der Waals surface area contributed by atoms with E-state index in [0.29, 0.717) is 0 Å². The molecule has 0 bridgehead atoms. The molecular formula is C11H19N3S. The number of rotatable bonds is 4. The normalized spacial score (nSPS) is 18.2. The molecule has 0 atom stereocenters. The van der Waals surface area contributed by atoms with Crippen LogP contribution in [0, 0.1) is 5.92 Å². The maximum absolute atomic E-state index is 4.34. The zero-order valence-electron chi connectivity index (χ0n) is 9.28. The number of thioether (sulfide) groups is 1. The van der Waals surface area contributed by atoms with Crippen molar-refractivity contribution in [3.05, 3.63) is 18.0 Å². The Bertz CT molecular complexity index is 292. The fraction of sp³-hybridized carbons (Fsp3) is 0.727. The molecule has 15 heavy (non-hydrogen) atoms. The summed E-state index contributed by atoms with van der Waals surface area (Å²) >= 11 is 2.09. The van der Waals surface area contributed by atoms with Crippen LogP contribution in [0.15, 0.2) is 12.3 Å².